The fraction of sp³-hybridized carbons (Fsp3) is 0.650. The second-order valence-electron chi connectivity index (χ2n) is 7.00. The van der Waals surface area contributed by atoms with Gasteiger partial charge in [-0.2, -0.15) is 0 Å². The predicted molar refractivity (Wildman–Crippen MR) is 125 cm³/mol. The molecule has 27 heavy (non-hydrogen) atoms. The molecule has 1 atom stereocenters. The highest BCUT2D eigenvalue weighted by molar-refractivity contribution is 14.0. The van der Waals surface area contributed by atoms with E-state index in [4.69, 9.17) is 14.5 Å². The van der Waals surface area contributed by atoms with Gasteiger partial charge in [0.25, 0.3) is 0 Å². The third kappa shape index (κ3) is 9.51. The molecule has 1 rings (SSSR count). The number of methoxy groups -OCH3 is 2. The minimum Gasteiger partial charge on any atom is -0.497 e. The van der Waals surface area contributed by atoms with Gasteiger partial charge < -0.3 is 25.0 Å². The fourth-order valence-electron chi connectivity index (χ4n) is 2.72. The zero-order valence-corrected chi connectivity index (χ0v) is 20.2. The van der Waals surface area contributed by atoms with Gasteiger partial charge in [-0.3, -0.25) is 0 Å². The average molecular weight is 492 g/mol. The summed E-state index contributed by atoms with van der Waals surface area (Å²) in [6, 6.07) is 6.27. The van der Waals surface area contributed by atoms with E-state index >= 15 is 0 Å². The van der Waals surface area contributed by atoms with Crippen LogP contribution in [-0.4, -0.2) is 58.3 Å². The number of hydrogen-bond acceptors (Lipinski definition) is 4. The molecule has 0 heterocycles. The summed E-state index contributed by atoms with van der Waals surface area (Å²) in [5.41, 5.74) is 1.02. The number of likely N-dealkylation sites (N-methyl/N-ethyl adjacent to an activating group) is 1. The van der Waals surface area contributed by atoms with Crippen LogP contribution in [0.15, 0.2) is 23.2 Å². The number of nitrogens with one attached hydrogen (secondary N) is 2. The maximum absolute atomic E-state index is 5.46. The Labute approximate surface area is 182 Å². The molecule has 1 aromatic carbocycles. The highest BCUT2D eigenvalue weighted by atomic mass is 127. The quantitative estimate of drug-likeness (QED) is 0.298. The second-order valence-corrected chi connectivity index (χ2v) is 7.00. The molecule has 0 bridgehead atoms. The Bertz CT molecular complexity index is 565. The van der Waals surface area contributed by atoms with E-state index in [2.05, 4.69) is 50.4 Å². The van der Waals surface area contributed by atoms with Gasteiger partial charge >= 0.3 is 0 Å². The molecule has 0 aliphatic carbocycles. The minimum atomic E-state index is 0. The molecule has 7 heteroatoms. The van der Waals surface area contributed by atoms with E-state index in [1.807, 2.05) is 18.2 Å². The van der Waals surface area contributed by atoms with Crippen LogP contribution in [0.4, 0.5) is 0 Å². The summed E-state index contributed by atoms with van der Waals surface area (Å²) < 4.78 is 10.7. The number of guanidine groups is 1. The lowest BCUT2D eigenvalue weighted by Crippen LogP contribution is -2.45. The normalized spacial score (nSPS) is 12.6. The van der Waals surface area contributed by atoms with Crippen LogP contribution in [0.3, 0.4) is 0 Å². The van der Waals surface area contributed by atoms with Crippen LogP contribution in [0.1, 0.15) is 32.8 Å². The molecule has 1 aromatic rings. The second kappa shape index (κ2) is 13.9. The molecule has 0 aromatic heterocycles. The first-order valence-electron chi connectivity index (χ1n) is 9.30. The Kier molecular flexibility index (Phi) is 13.2. The Hall–Kier alpha value is -1.22. The molecule has 0 amide bonds. The SMILES string of the molecule is CCNC(=NCc1ccc(OC)cc1OC)NCC(CC(C)C)N(C)C.I. The largest absolute Gasteiger partial charge is 0.497 e. The van der Waals surface area contributed by atoms with Crippen LogP contribution in [0.5, 0.6) is 11.5 Å². The number of benzene rings is 1. The zero-order chi connectivity index (χ0) is 19.5. The van der Waals surface area contributed by atoms with Gasteiger partial charge in [-0.15, -0.1) is 24.0 Å². The van der Waals surface area contributed by atoms with Crippen molar-refractivity contribution in [2.75, 3.05) is 41.4 Å². The third-order valence-corrected chi connectivity index (χ3v) is 4.22. The monoisotopic (exact) mass is 492 g/mol. The molecule has 0 saturated carbocycles. The van der Waals surface area contributed by atoms with Gasteiger partial charge in [-0.25, -0.2) is 4.99 Å². The number of ether oxygens (including phenoxy) is 2. The number of nitrogens with zero attached hydrogens (tertiary/aromatic N) is 2. The molecule has 0 aliphatic rings. The van der Waals surface area contributed by atoms with Gasteiger partial charge in [-0.05, 0) is 45.5 Å². The first-order chi connectivity index (χ1) is 12.4. The molecule has 0 spiro atoms. The molecule has 0 saturated heterocycles. The Morgan fingerprint density at radius 2 is 1.85 bits per heavy atom. The summed E-state index contributed by atoms with van der Waals surface area (Å²) in [6.45, 7) is 8.80. The van der Waals surface area contributed by atoms with Gasteiger partial charge in [-0.1, -0.05) is 13.8 Å². The smallest absolute Gasteiger partial charge is 0.191 e. The summed E-state index contributed by atoms with van der Waals surface area (Å²) >= 11 is 0. The van der Waals surface area contributed by atoms with E-state index in [9.17, 15) is 0 Å². The highest BCUT2D eigenvalue weighted by Gasteiger charge is 2.14. The third-order valence-electron chi connectivity index (χ3n) is 4.22. The van der Waals surface area contributed by atoms with Crippen molar-refractivity contribution in [1.82, 2.24) is 15.5 Å². The van der Waals surface area contributed by atoms with Crippen LogP contribution in [0, 0.1) is 5.92 Å². The van der Waals surface area contributed by atoms with Gasteiger partial charge in [0.1, 0.15) is 11.5 Å². The molecule has 0 fully saturated rings. The van der Waals surface area contributed by atoms with Crippen molar-refractivity contribution >= 4 is 29.9 Å². The Balaban J connectivity index is 0.00000676. The maximum Gasteiger partial charge on any atom is 0.191 e. The molecule has 6 nitrogen and oxygen atoms in total. The minimum absolute atomic E-state index is 0. The van der Waals surface area contributed by atoms with Crippen LogP contribution in [0.25, 0.3) is 0 Å². The van der Waals surface area contributed by atoms with Crippen LogP contribution < -0.4 is 20.1 Å². The summed E-state index contributed by atoms with van der Waals surface area (Å²) in [7, 11) is 7.57. The number of hydrogen-bond donors (Lipinski definition) is 2. The summed E-state index contributed by atoms with van der Waals surface area (Å²) in [5.74, 6) is 3.05. The molecule has 156 valence electrons. The van der Waals surface area contributed by atoms with Crippen LogP contribution in [-0.2, 0) is 6.54 Å². The summed E-state index contributed by atoms with van der Waals surface area (Å²) in [6.07, 6.45) is 1.14. The first kappa shape index (κ1) is 25.8. The Morgan fingerprint density at radius 3 is 2.37 bits per heavy atom. The summed E-state index contributed by atoms with van der Waals surface area (Å²) in [5, 5.41) is 6.78. The van der Waals surface area contributed by atoms with Crippen molar-refractivity contribution in [2.24, 2.45) is 10.9 Å². The zero-order valence-electron chi connectivity index (χ0n) is 17.8. The van der Waals surface area contributed by atoms with E-state index < -0.39 is 0 Å². The average Bonchev–Trinajstić information content (AvgIpc) is 2.62. The van der Waals surface area contributed by atoms with E-state index in [1.165, 1.54) is 0 Å². The van der Waals surface area contributed by atoms with Crippen molar-refractivity contribution in [3.63, 3.8) is 0 Å². The maximum atomic E-state index is 5.46. The summed E-state index contributed by atoms with van der Waals surface area (Å²) in [4.78, 5) is 6.98. The molecule has 2 N–H and O–H groups in total. The van der Waals surface area contributed by atoms with Gasteiger partial charge in [0.15, 0.2) is 5.96 Å². The lowest BCUT2D eigenvalue weighted by atomic mass is 10.0. The van der Waals surface area contributed by atoms with Crippen LogP contribution >= 0.6 is 24.0 Å². The van der Waals surface area contributed by atoms with E-state index in [0.29, 0.717) is 18.5 Å². The standard InChI is InChI=1S/C20H36N4O2.HI/c1-8-21-20(23-14-17(24(4)5)11-15(2)3)22-13-16-9-10-18(25-6)12-19(16)26-7;/h9-10,12,15,17H,8,11,13-14H2,1-7H3,(H2,21,22,23);1H. The van der Waals surface area contributed by atoms with Gasteiger partial charge in [0.05, 0.1) is 20.8 Å². The van der Waals surface area contributed by atoms with E-state index in [1.54, 1.807) is 14.2 Å². The molecular weight excluding hydrogens is 455 g/mol. The molecule has 0 aliphatic heterocycles. The van der Waals surface area contributed by atoms with Gasteiger partial charge in [0, 0.05) is 30.8 Å². The van der Waals surface area contributed by atoms with Crippen molar-refractivity contribution < 1.29 is 9.47 Å². The molecule has 1 unspecified atom stereocenters. The lowest BCUT2D eigenvalue weighted by molar-refractivity contribution is 0.254. The van der Waals surface area contributed by atoms with Gasteiger partial charge in [0.2, 0.25) is 0 Å². The number of aliphatic imine (C=N–C) groups is 1. The van der Waals surface area contributed by atoms with E-state index in [-0.39, 0.29) is 24.0 Å². The van der Waals surface area contributed by atoms with E-state index in [0.717, 1.165) is 42.5 Å². The molecular formula is C20H37IN4O2. The number of halogens is 1. The first-order valence-corrected chi connectivity index (χ1v) is 9.30. The highest BCUT2D eigenvalue weighted by Crippen LogP contribution is 2.25. The van der Waals surface area contributed by atoms with Crippen molar-refractivity contribution in [2.45, 2.75) is 39.8 Å². The number of rotatable bonds is 10. The van der Waals surface area contributed by atoms with Crippen molar-refractivity contribution in [1.29, 1.82) is 0 Å². The van der Waals surface area contributed by atoms with Crippen LogP contribution in [0.2, 0.25) is 0 Å². The van der Waals surface area contributed by atoms with Crippen molar-refractivity contribution in [3.05, 3.63) is 23.8 Å². The topological polar surface area (TPSA) is 58.1 Å². The molecule has 0 radical (unpaired) electrons. The lowest BCUT2D eigenvalue weighted by Gasteiger charge is -2.27. The van der Waals surface area contributed by atoms with Crippen molar-refractivity contribution in [3.8, 4) is 11.5 Å². The fourth-order valence-corrected chi connectivity index (χ4v) is 2.72. The Morgan fingerprint density at radius 1 is 1.15 bits per heavy atom. The predicted octanol–water partition coefficient (Wildman–Crippen LogP) is 3.35.